The molecule has 0 saturated carbocycles. The molecule has 0 bridgehead atoms. The van der Waals surface area contributed by atoms with Crippen molar-refractivity contribution in [2.45, 2.75) is 39.5 Å². The Morgan fingerprint density at radius 2 is 1.50 bits per heavy atom. The van der Waals surface area contributed by atoms with Crippen LogP contribution >= 0.6 is 0 Å². The normalized spacial score (nSPS) is 11.9. The van der Waals surface area contributed by atoms with E-state index in [-0.39, 0.29) is 17.8 Å². The minimum absolute atomic E-state index is 0.125. The number of carbonyl (C=O) groups is 1. The molecular formula is C19H22FNO3. The van der Waals surface area contributed by atoms with E-state index in [1.807, 2.05) is 38.1 Å². The van der Waals surface area contributed by atoms with E-state index >= 15 is 0 Å². The SMILES string of the molecule is CC(C)Oc1ccc(CNC(=O)[C@H](C)Oc2ccc(F)cc2)cc1. The standard InChI is InChI=1S/C19H22FNO3/c1-13(2)23-17-8-4-15(5-9-17)12-21-19(22)14(3)24-18-10-6-16(20)7-11-18/h4-11,13-14H,12H2,1-3H3,(H,21,22)/t14-/m0/s1. The summed E-state index contributed by atoms with van der Waals surface area (Å²) in [5.41, 5.74) is 0.966. The Bertz CT molecular complexity index is 653. The van der Waals surface area contributed by atoms with Crippen molar-refractivity contribution in [2.24, 2.45) is 0 Å². The average molecular weight is 331 g/mol. The Hall–Kier alpha value is -2.56. The highest BCUT2D eigenvalue weighted by Gasteiger charge is 2.14. The van der Waals surface area contributed by atoms with Gasteiger partial charge in [-0.3, -0.25) is 4.79 Å². The molecule has 2 rings (SSSR count). The first-order chi connectivity index (χ1) is 11.4. The third-order valence-corrected chi connectivity index (χ3v) is 3.26. The molecule has 0 radical (unpaired) electrons. The summed E-state index contributed by atoms with van der Waals surface area (Å²) < 4.78 is 23.9. The molecule has 4 nitrogen and oxygen atoms in total. The van der Waals surface area contributed by atoms with Gasteiger partial charge in [0.25, 0.3) is 5.91 Å². The molecular weight excluding hydrogens is 309 g/mol. The fraction of sp³-hybridized carbons (Fsp3) is 0.316. The highest BCUT2D eigenvalue weighted by atomic mass is 19.1. The van der Waals surface area contributed by atoms with Gasteiger partial charge in [0.1, 0.15) is 17.3 Å². The number of hydrogen-bond acceptors (Lipinski definition) is 3. The zero-order valence-corrected chi connectivity index (χ0v) is 14.1. The number of amides is 1. The fourth-order valence-corrected chi connectivity index (χ4v) is 2.06. The number of rotatable bonds is 7. The fourth-order valence-electron chi connectivity index (χ4n) is 2.06. The van der Waals surface area contributed by atoms with E-state index in [4.69, 9.17) is 9.47 Å². The zero-order chi connectivity index (χ0) is 17.5. The molecule has 2 aromatic rings. The van der Waals surface area contributed by atoms with Crippen molar-refractivity contribution < 1.29 is 18.7 Å². The van der Waals surface area contributed by atoms with Crippen LogP contribution in [-0.4, -0.2) is 18.1 Å². The Kier molecular flexibility index (Phi) is 6.18. The second kappa shape index (κ2) is 8.34. The van der Waals surface area contributed by atoms with Gasteiger partial charge in [-0.1, -0.05) is 12.1 Å². The van der Waals surface area contributed by atoms with E-state index in [0.717, 1.165) is 11.3 Å². The zero-order valence-electron chi connectivity index (χ0n) is 14.1. The lowest BCUT2D eigenvalue weighted by molar-refractivity contribution is -0.127. The summed E-state index contributed by atoms with van der Waals surface area (Å²) in [6, 6.07) is 13.1. The number of carbonyl (C=O) groups excluding carboxylic acids is 1. The predicted molar refractivity (Wildman–Crippen MR) is 90.5 cm³/mol. The number of nitrogens with one attached hydrogen (secondary N) is 1. The first kappa shape index (κ1) is 17.8. The van der Waals surface area contributed by atoms with Crippen molar-refractivity contribution in [3.05, 3.63) is 59.9 Å². The van der Waals surface area contributed by atoms with Crippen LogP contribution in [-0.2, 0) is 11.3 Å². The van der Waals surface area contributed by atoms with Gasteiger partial charge in [-0.2, -0.15) is 0 Å². The van der Waals surface area contributed by atoms with Gasteiger partial charge in [0, 0.05) is 6.54 Å². The molecule has 0 saturated heterocycles. The van der Waals surface area contributed by atoms with E-state index in [1.165, 1.54) is 24.3 Å². The van der Waals surface area contributed by atoms with Gasteiger partial charge in [-0.15, -0.1) is 0 Å². The highest BCUT2D eigenvalue weighted by molar-refractivity contribution is 5.80. The van der Waals surface area contributed by atoms with Crippen LogP contribution in [0.25, 0.3) is 0 Å². The summed E-state index contributed by atoms with van der Waals surface area (Å²) >= 11 is 0. The van der Waals surface area contributed by atoms with E-state index in [1.54, 1.807) is 6.92 Å². The topological polar surface area (TPSA) is 47.6 Å². The van der Waals surface area contributed by atoms with Crippen LogP contribution in [0.15, 0.2) is 48.5 Å². The first-order valence-electron chi connectivity index (χ1n) is 7.89. The van der Waals surface area contributed by atoms with Gasteiger partial charge < -0.3 is 14.8 Å². The number of benzene rings is 2. The van der Waals surface area contributed by atoms with Gasteiger partial charge in [-0.05, 0) is 62.7 Å². The van der Waals surface area contributed by atoms with Gasteiger partial charge in [0.15, 0.2) is 6.10 Å². The van der Waals surface area contributed by atoms with E-state index in [9.17, 15) is 9.18 Å². The monoisotopic (exact) mass is 331 g/mol. The maximum atomic E-state index is 12.8. The van der Waals surface area contributed by atoms with Crippen molar-refractivity contribution in [3.63, 3.8) is 0 Å². The molecule has 0 heterocycles. The second-order valence-electron chi connectivity index (χ2n) is 5.74. The van der Waals surface area contributed by atoms with Crippen LogP contribution < -0.4 is 14.8 Å². The summed E-state index contributed by atoms with van der Waals surface area (Å²) in [6.07, 6.45) is -0.543. The van der Waals surface area contributed by atoms with E-state index in [2.05, 4.69) is 5.32 Å². The number of halogens is 1. The summed E-state index contributed by atoms with van der Waals surface area (Å²) in [5, 5.41) is 2.81. The third kappa shape index (κ3) is 5.57. The third-order valence-electron chi connectivity index (χ3n) is 3.26. The van der Waals surface area contributed by atoms with Crippen LogP contribution in [0.3, 0.4) is 0 Å². The molecule has 1 atom stereocenters. The predicted octanol–water partition coefficient (Wildman–Crippen LogP) is 3.70. The maximum absolute atomic E-state index is 12.8. The molecule has 128 valence electrons. The molecule has 0 fully saturated rings. The summed E-state index contributed by atoms with van der Waals surface area (Å²) in [5.74, 6) is 0.675. The van der Waals surface area contributed by atoms with Crippen LogP contribution in [0.1, 0.15) is 26.3 Å². The Balaban J connectivity index is 1.82. The van der Waals surface area contributed by atoms with Crippen LogP contribution in [0, 0.1) is 5.82 Å². The van der Waals surface area contributed by atoms with Crippen molar-refractivity contribution >= 4 is 5.91 Å². The molecule has 0 aliphatic carbocycles. The van der Waals surface area contributed by atoms with Crippen molar-refractivity contribution in [1.82, 2.24) is 5.32 Å². The van der Waals surface area contributed by atoms with Crippen molar-refractivity contribution in [2.75, 3.05) is 0 Å². The van der Waals surface area contributed by atoms with Crippen LogP contribution in [0.4, 0.5) is 4.39 Å². The van der Waals surface area contributed by atoms with Gasteiger partial charge >= 0.3 is 0 Å². The number of hydrogen-bond donors (Lipinski definition) is 1. The van der Waals surface area contributed by atoms with Crippen LogP contribution in [0.2, 0.25) is 0 Å². The molecule has 1 amide bonds. The van der Waals surface area contributed by atoms with E-state index < -0.39 is 6.10 Å². The Labute approximate surface area is 141 Å². The minimum atomic E-state index is -0.668. The smallest absolute Gasteiger partial charge is 0.261 e. The molecule has 0 aliphatic heterocycles. The lowest BCUT2D eigenvalue weighted by Crippen LogP contribution is -2.35. The summed E-state index contributed by atoms with van der Waals surface area (Å²) in [4.78, 5) is 12.1. The lowest BCUT2D eigenvalue weighted by atomic mass is 10.2. The van der Waals surface area contributed by atoms with Crippen LogP contribution in [0.5, 0.6) is 11.5 Å². The molecule has 1 N–H and O–H groups in total. The summed E-state index contributed by atoms with van der Waals surface area (Å²) in [7, 11) is 0. The molecule has 0 aliphatic rings. The van der Waals surface area contributed by atoms with Crippen molar-refractivity contribution in [3.8, 4) is 11.5 Å². The molecule has 0 aromatic heterocycles. The number of ether oxygens (including phenoxy) is 2. The largest absolute Gasteiger partial charge is 0.491 e. The molecule has 24 heavy (non-hydrogen) atoms. The molecule has 2 aromatic carbocycles. The van der Waals surface area contributed by atoms with Crippen molar-refractivity contribution in [1.29, 1.82) is 0 Å². The van der Waals surface area contributed by atoms with Gasteiger partial charge in [-0.25, -0.2) is 4.39 Å². The van der Waals surface area contributed by atoms with Gasteiger partial charge in [0.05, 0.1) is 6.10 Å². The first-order valence-corrected chi connectivity index (χ1v) is 7.89. The molecule has 0 spiro atoms. The second-order valence-corrected chi connectivity index (χ2v) is 5.74. The quantitative estimate of drug-likeness (QED) is 0.841. The molecule has 5 heteroatoms. The van der Waals surface area contributed by atoms with Gasteiger partial charge in [0.2, 0.25) is 0 Å². The molecule has 0 unspecified atom stereocenters. The Morgan fingerprint density at radius 3 is 2.08 bits per heavy atom. The lowest BCUT2D eigenvalue weighted by Gasteiger charge is -2.15. The highest BCUT2D eigenvalue weighted by Crippen LogP contribution is 2.15. The average Bonchev–Trinajstić information content (AvgIpc) is 2.55. The maximum Gasteiger partial charge on any atom is 0.261 e. The van der Waals surface area contributed by atoms with E-state index in [0.29, 0.717) is 12.3 Å². The minimum Gasteiger partial charge on any atom is -0.491 e. The summed E-state index contributed by atoms with van der Waals surface area (Å²) in [6.45, 7) is 5.99. The Morgan fingerprint density at radius 1 is 0.958 bits per heavy atom.